The zero-order valence-corrected chi connectivity index (χ0v) is 16.3. The summed E-state index contributed by atoms with van der Waals surface area (Å²) < 4.78 is 6.02. The molecule has 2 N–H and O–H groups in total. The van der Waals surface area contributed by atoms with Crippen molar-refractivity contribution in [1.82, 2.24) is 0 Å². The van der Waals surface area contributed by atoms with Crippen LogP contribution in [0.1, 0.15) is 28.8 Å². The number of rotatable bonds is 6. The molecular formula is C24H25NO4. The lowest BCUT2D eigenvalue weighted by Crippen LogP contribution is -2.36. The van der Waals surface area contributed by atoms with E-state index < -0.39 is 5.97 Å². The molecule has 3 aromatic carbocycles. The molecular weight excluding hydrogens is 366 g/mol. The van der Waals surface area contributed by atoms with Gasteiger partial charge in [-0.2, -0.15) is 0 Å². The van der Waals surface area contributed by atoms with Crippen LogP contribution in [-0.4, -0.2) is 35.9 Å². The van der Waals surface area contributed by atoms with Gasteiger partial charge in [-0.3, -0.25) is 0 Å². The number of ether oxygens (including phenoxy) is 1. The van der Waals surface area contributed by atoms with Crippen molar-refractivity contribution in [2.24, 2.45) is 5.92 Å². The number of carbonyl (C=O) groups is 1. The second-order valence-electron chi connectivity index (χ2n) is 7.55. The normalized spacial score (nSPS) is 16.7. The second kappa shape index (κ2) is 8.53. The summed E-state index contributed by atoms with van der Waals surface area (Å²) in [6.07, 6.45) is 2.03. The molecule has 0 saturated carbocycles. The van der Waals surface area contributed by atoms with E-state index in [0.29, 0.717) is 12.4 Å². The highest BCUT2D eigenvalue weighted by atomic mass is 16.5. The number of hydrogen-bond donors (Lipinski definition) is 2. The zero-order valence-electron chi connectivity index (χ0n) is 16.3. The van der Waals surface area contributed by atoms with Crippen LogP contribution in [0.5, 0.6) is 5.75 Å². The summed E-state index contributed by atoms with van der Waals surface area (Å²) in [7, 11) is 0. The molecule has 0 aliphatic carbocycles. The van der Waals surface area contributed by atoms with E-state index in [0.717, 1.165) is 48.0 Å². The molecule has 5 nitrogen and oxygen atoms in total. The highest BCUT2D eigenvalue weighted by Crippen LogP contribution is 2.30. The van der Waals surface area contributed by atoms with Crippen LogP contribution in [0.3, 0.4) is 0 Å². The molecule has 0 spiro atoms. The molecule has 4 rings (SSSR count). The van der Waals surface area contributed by atoms with Crippen LogP contribution in [0.2, 0.25) is 0 Å². The SMILES string of the molecule is O=C(O)c1ccc(N2CCCC(CO)C2)cc1OCc1cccc2ccccc12. The molecule has 0 bridgehead atoms. The van der Waals surface area contributed by atoms with Gasteiger partial charge in [-0.25, -0.2) is 4.79 Å². The Balaban J connectivity index is 1.60. The van der Waals surface area contributed by atoms with Gasteiger partial charge in [0.25, 0.3) is 0 Å². The maximum atomic E-state index is 11.7. The number of carboxylic acids is 1. The van der Waals surface area contributed by atoms with Crippen molar-refractivity contribution in [2.45, 2.75) is 19.4 Å². The summed E-state index contributed by atoms with van der Waals surface area (Å²) in [5.41, 5.74) is 2.11. The lowest BCUT2D eigenvalue weighted by Gasteiger charge is -2.34. The van der Waals surface area contributed by atoms with Gasteiger partial charge in [0.05, 0.1) is 0 Å². The van der Waals surface area contributed by atoms with Crippen LogP contribution in [0.25, 0.3) is 10.8 Å². The Morgan fingerprint density at radius 3 is 2.76 bits per heavy atom. The number of aliphatic hydroxyl groups excluding tert-OH is 1. The Bertz CT molecular complexity index is 1010. The molecule has 1 heterocycles. The number of hydrogen-bond acceptors (Lipinski definition) is 4. The molecule has 1 unspecified atom stereocenters. The molecule has 0 radical (unpaired) electrons. The van der Waals surface area contributed by atoms with E-state index in [1.54, 1.807) is 6.07 Å². The Hall–Kier alpha value is -3.05. The zero-order chi connectivity index (χ0) is 20.2. The first-order valence-corrected chi connectivity index (χ1v) is 9.98. The van der Waals surface area contributed by atoms with Crippen molar-refractivity contribution in [1.29, 1.82) is 0 Å². The monoisotopic (exact) mass is 391 g/mol. The van der Waals surface area contributed by atoms with E-state index in [1.807, 2.05) is 42.5 Å². The number of aliphatic hydroxyl groups is 1. The summed E-state index contributed by atoms with van der Waals surface area (Å²) in [6, 6.07) is 19.4. The van der Waals surface area contributed by atoms with Gasteiger partial charge in [0.15, 0.2) is 0 Å². The fraction of sp³-hybridized carbons (Fsp3) is 0.292. The number of piperidine rings is 1. The van der Waals surface area contributed by atoms with Crippen molar-refractivity contribution < 1.29 is 19.7 Å². The summed E-state index contributed by atoms with van der Waals surface area (Å²) >= 11 is 0. The maximum absolute atomic E-state index is 11.7. The van der Waals surface area contributed by atoms with E-state index in [-0.39, 0.29) is 18.1 Å². The van der Waals surface area contributed by atoms with Crippen LogP contribution in [0.15, 0.2) is 60.7 Å². The molecule has 1 atom stereocenters. The Labute approximate surface area is 170 Å². The molecule has 1 saturated heterocycles. The highest BCUT2D eigenvalue weighted by Gasteiger charge is 2.21. The number of anilines is 1. The van der Waals surface area contributed by atoms with E-state index in [9.17, 15) is 15.0 Å². The van der Waals surface area contributed by atoms with E-state index >= 15 is 0 Å². The van der Waals surface area contributed by atoms with Gasteiger partial charge >= 0.3 is 5.97 Å². The lowest BCUT2D eigenvalue weighted by molar-refractivity contribution is 0.0692. The highest BCUT2D eigenvalue weighted by molar-refractivity contribution is 5.91. The van der Waals surface area contributed by atoms with Crippen LogP contribution in [0, 0.1) is 5.92 Å². The van der Waals surface area contributed by atoms with E-state index in [2.05, 4.69) is 17.0 Å². The fourth-order valence-electron chi connectivity index (χ4n) is 4.03. The third-order valence-corrected chi connectivity index (χ3v) is 5.60. The number of fused-ring (bicyclic) bond motifs is 1. The van der Waals surface area contributed by atoms with Crippen molar-refractivity contribution in [2.75, 3.05) is 24.6 Å². The second-order valence-corrected chi connectivity index (χ2v) is 7.55. The third-order valence-electron chi connectivity index (χ3n) is 5.60. The minimum Gasteiger partial charge on any atom is -0.488 e. The smallest absolute Gasteiger partial charge is 0.339 e. The molecule has 150 valence electrons. The Kier molecular flexibility index (Phi) is 5.67. The molecule has 1 fully saturated rings. The van der Waals surface area contributed by atoms with Gasteiger partial charge in [0.1, 0.15) is 17.9 Å². The molecule has 0 amide bonds. The summed E-state index contributed by atoms with van der Waals surface area (Å²) in [4.78, 5) is 13.9. The maximum Gasteiger partial charge on any atom is 0.339 e. The number of benzene rings is 3. The van der Waals surface area contributed by atoms with Gasteiger partial charge < -0.3 is 19.8 Å². The summed E-state index contributed by atoms with van der Waals surface area (Å²) in [6.45, 7) is 2.13. The molecule has 3 aromatic rings. The average Bonchev–Trinajstić information content (AvgIpc) is 2.77. The Morgan fingerprint density at radius 1 is 1.10 bits per heavy atom. The van der Waals surface area contributed by atoms with Gasteiger partial charge in [-0.15, -0.1) is 0 Å². The molecule has 5 heteroatoms. The van der Waals surface area contributed by atoms with Crippen molar-refractivity contribution in [3.05, 3.63) is 71.8 Å². The summed E-state index contributed by atoms with van der Waals surface area (Å²) in [5.74, 6) is -0.381. The molecule has 0 aromatic heterocycles. The first-order chi connectivity index (χ1) is 14.2. The first kappa shape index (κ1) is 19.3. The predicted molar refractivity (Wildman–Crippen MR) is 114 cm³/mol. The van der Waals surface area contributed by atoms with Gasteiger partial charge in [-0.1, -0.05) is 42.5 Å². The lowest BCUT2D eigenvalue weighted by atomic mass is 9.98. The quantitative estimate of drug-likeness (QED) is 0.655. The van der Waals surface area contributed by atoms with Crippen molar-refractivity contribution >= 4 is 22.4 Å². The largest absolute Gasteiger partial charge is 0.488 e. The first-order valence-electron chi connectivity index (χ1n) is 9.98. The molecule has 1 aliphatic rings. The van der Waals surface area contributed by atoms with Crippen LogP contribution < -0.4 is 9.64 Å². The number of nitrogens with zero attached hydrogens (tertiary/aromatic N) is 1. The fourth-order valence-corrected chi connectivity index (χ4v) is 4.03. The van der Waals surface area contributed by atoms with Crippen LogP contribution in [0.4, 0.5) is 5.69 Å². The number of carboxylic acid groups (broad SMARTS) is 1. The molecule has 29 heavy (non-hydrogen) atoms. The van der Waals surface area contributed by atoms with Crippen molar-refractivity contribution in [3.8, 4) is 5.75 Å². The Morgan fingerprint density at radius 2 is 1.93 bits per heavy atom. The van der Waals surface area contributed by atoms with Crippen LogP contribution in [-0.2, 0) is 6.61 Å². The van der Waals surface area contributed by atoms with Gasteiger partial charge in [-0.05, 0) is 47.2 Å². The number of aromatic carboxylic acids is 1. The third kappa shape index (κ3) is 4.20. The summed E-state index contributed by atoms with van der Waals surface area (Å²) in [5, 5.41) is 21.3. The van der Waals surface area contributed by atoms with E-state index in [4.69, 9.17) is 4.74 Å². The minimum absolute atomic E-state index is 0.157. The van der Waals surface area contributed by atoms with Gasteiger partial charge in [0, 0.05) is 31.5 Å². The van der Waals surface area contributed by atoms with Gasteiger partial charge in [0.2, 0.25) is 0 Å². The van der Waals surface area contributed by atoms with Crippen LogP contribution >= 0.6 is 0 Å². The minimum atomic E-state index is -1.00. The topological polar surface area (TPSA) is 70.0 Å². The predicted octanol–water partition coefficient (Wildman–Crippen LogP) is 4.33. The molecule has 1 aliphatic heterocycles. The standard InChI is InChI=1S/C24H25NO4/c26-15-17-5-4-12-25(14-17)20-10-11-22(24(27)28)23(13-20)29-16-19-8-3-7-18-6-1-2-9-21(18)19/h1-3,6-11,13,17,26H,4-5,12,14-16H2,(H,27,28). The van der Waals surface area contributed by atoms with E-state index in [1.165, 1.54) is 0 Å². The van der Waals surface area contributed by atoms with Crippen molar-refractivity contribution in [3.63, 3.8) is 0 Å². The average molecular weight is 391 g/mol.